The van der Waals surface area contributed by atoms with E-state index < -0.39 is 18.0 Å². The number of carbonyl (C=O) groups excluding carboxylic acids is 1. The largest absolute Gasteiger partial charge is 0.573 e. The predicted octanol–water partition coefficient (Wildman–Crippen LogP) is 4.20. The lowest BCUT2D eigenvalue weighted by Crippen LogP contribution is -2.31. The molecule has 30 heavy (non-hydrogen) atoms. The second-order valence-electron chi connectivity index (χ2n) is 6.70. The number of hydrogen-bond donors (Lipinski definition) is 1. The molecule has 0 spiro atoms. The lowest BCUT2D eigenvalue weighted by atomic mass is 10.1. The van der Waals surface area contributed by atoms with Crippen LogP contribution in [0.5, 0.6) is 5.75 Å². The maximum atomic E-state index is 12.7. The number of rotatable bonds is 7. The van der Waals surface area contributed by atoms with Gasteiger partial charge in [-0.25, -0.2) is 4.98 Å². The number of nitrogens with one attached hydrogen (secondary N) is 1. The van der Waals surface area contributed by atoms with Gasteiger partial charge in [-0.3, -0.25) is 4.79 Å². The van der Waals surface area contributed by atoms with E-state index in [9.17, 15) is 18.0 Å². The van der Waals surface area contributed by atoms with Gasteiger partial charge in [-0.15, -0.1) is 13.2 Å². The molecule has 158 valence electrons. The highest BCUT2D eigenvalue weighted by atomic mass is 19.4. The van der Waals surface area contributed by atoms with E-state index in [0.717, 1.165) is 6.07 Å². The molecule has 0 radical (unpaired) electrons. The minimum atomic E-state index is -4.82. The fourth-order valence-electron chi connectivity index (χ4n) is 2.69. The summed E-state index contributed by atoms with van der Waals surface area (Å²) in [6.45, 7) is 1.03. The molecule has 0 fully saturated rings. The first-order valence-electron chi connectivity index (χ1n) is 9.08. The highest BCUT2D eigenvalue weighted by Gasteiger charge is 2.31. The molecule has 1 amide bonds. The van der Waals surface area contributed by atoms with Crippen LogP contribution in [-0.2, 0) is 0 Å². The molecule has 0 atom stereocenters. The lowest BCUT2D eigenvalue weighted by molar-refractivity contribution is -0.274. The molecule has 0 aliphatic heterocycles. The van der Waals surface area contributed by atoms with Crippen LogP contribution in [0.1, 0.15) is 10.5 Å². The van der Waals surface area contributed by atoms with Gasteiger partial charge in [0.05, 0.1) is 0 Å². The molecule has 3 rings (SSSR count). The Balaban J connectivity index is 1.96. The molecule has 2 aromatic carbocycles. The molecule has 0 aliphatic carbocycles. The third kappa shape index (κ3) is 5.60. The molecule has 0 saturated carbocycles. The van der Waals surface area contributed by atoms with Crippen molar-refractivity contribution >= 4 is 5.91 Å². The van der Waals surface area contributed by atoms with Crippen LogP contribution in [0.25, 0.3) is 22.8 Å². The van der Waals surface area contributed by atoms with E-state index in [1.807, 2.05) is 25.1 Å². The van der Waals surface area contributed by atoms with Crippen LogP contribution in [0.4, 0.5) is 13.2 Å². The van der Waals surface area contributed by atoms with Crippen molar-refractivity contribution in [2.24, 2.45) is 0 Å². The van der Waals surface area contributed by atoms with Crippen LogP contribution in [0.2, 0.25) is 0 Å². The summed E-state index contributed by atoms with van der Waals surface area (Å²) in [6, 6.07) is 14.1. The van der Waals surface area contributed by atoms with Crippen LogP contribution < -0.4 is 10.1 Å². The van der Waals surface area contributed by atoms with Crippen molar-refractivity contribution in [3.05, 3.63) is 60.3 Å². The van der Waals surface area contributed by atoms with Gasteiger partial charge in [0.1, 0.15) is 5.75 Å². The number of nitrogens with zero attached hydrogens (tertiary/aromatic N) is 2. The Hall–Kier alpha value is -3.33. The van der Waals surface area contributed by atoms with Crippen LogP contribution >= 0.6 is 0 Å². The lowest BCUT2D eigenvalue weighted by Gasteiger charge is -2.09. The Labute approximate surface area is 171 Å². The molecule has 0 bridgehead atoms. The molecule has 1 heterocycles. The van der Waals surface area contributed by atoms with Crippen molar-refractivity contribution in [1.82, 2.24) is 15.2 Å². The Kier molecular flexibility index (Phi) is 6.41. The zero-order chi connectivity index (χ0) is 21.7. The second-order valence-corrected chi connectivity index (χ2v) is 6.70. The second kappa shape index (κ2) is 9.00. The predicted molar refractivity (Wildman–Crippen MR) is 105 cm³/mol. The quantitative estimate of drug-likeness (QED) is 0.622. The van der Waals surface area contributed by atoms with Crippen molar-refractivity contribution in [3.8, 4) is 28.5 Å². The summed E-state index contributed by atoms with van der Waals surface area (Å²) < 4.78 is 47.3. The van der Waals surface area contributed by atoms with Crippen LogP contribution in [0.15, 0.2) is 59.0 Å². The maximum absolute atomic E-state index is 12.7. The summed E-state index contributed by atoms with van der Waals surface area (Å²) in [4.78, 5) is 18.9. The van der Waals surface area contributed by atoms with Gasteiger partial charge in [0.15, 0.2) is 11.5 Å². The van der Waals surface area contributed by atoms with Crippen molar-refractivity contribution in [2.45, 2.75) is 6.36 Å². The first-order chi connectivity index (χ1) is 14.2. The first-order valence-corrected chi connectivity index (χ1v) is 9.08. The standard InChI is InChI=1S/C21H20F3N3O3/c1-27(2)12-11-25-19(28)17-18(14-7-4-3-5-8-14)29-20(26-17)15-9-6-10-16(13-15)30-21(22,23)24/h3-10,13H,11-12H2,1-2H3,(H,25,28). The van der Waals surface area contributed by atoms with Crippen LogP contribution in [0, 0.1) is 0 Å². The summed E-state index contributed by atoms with van der Waals surface area (Å²) in [5.74, 6) is -0.598. The topological polar surface area (TPSA) is 67.6 Å². The molecule has 0 unspecified atom stereocenters. The summed E-state index contributed by atoms with van der Waals surface area (Å²) in [7, 11) is 3.76. The Morgan fingerprint density at radius 2 is 1.80 bits per heavy atom. The van der Waals surface area contributed by atoms with Crippen molar-refractivity contribution < 1.29 is 27.1 Å². The van der Waals surface area contributed by atoms with Gasteiger partial charge in [0, 0.05) is 24.2 Å². The van der Waals surface area contributed by atoms with E-state index in [2.05, 4.69) is 15.0 Å². The number of oxazole rings is 1. The van der Waals surface area contributed by atoms with E-state index in [1.54, 1.807) is 24.3 Å². The highest BCUT2D eigenvalue weighted by Crippen LogP contribution is 2.32. The molecule has 1 N–H and O–H groups in total. The van der Waals surface area contributed by atoms with Gasteiger partial charge in [-0.2, -0.15) is 0 Å². The zero-order valence-electron chi connectivity index (χ0n) is 16.4. The SMILES string of the molecule is CN(C)CCNC(=O)c1nc(-c2cccc(OC(F)(F)F)c2)oc1-c1ccccc1. The molecule has 6 nitrogen and oxygen atoms in total. The molecule has 0 saturated heterocycles. The Morgan fingerprint density at radius 3 is 2.47 bits per heavy atom. The fraction of sp³-hybridized carbons (Fsp3) is 0.238. The van der Waals surface area contributed by atoms with E-state index in [0.29, 0.717) is 18.7 Å². The maximum Gasteiger partial charge on any atom is 0.573 e. The number of halogens is 3. The average Bonchev–Trinajstić information content (AvgIpc) is 3.13. The average molecular weight is 419 g/mol. The van der Waals surface area contributed by atoms with Crippen LogP contribution in [-0.4, -0.2) is 49.3 Å². The minimum Gasteiger partial charge on any atom is -0.435 e. The molecule has 3 aromatic rings. The van der Waals surface area contributed by atoms with Gasteiger partial charge in [0.2, 0.25) is 5.89 Å². The van der Waals surface area contributed by atoms with Crippen molar-refractivity contribution in [2.75, 3.05) is 27.2 Å². The highest BCUT2D eigenvalue weighted by molar-refractivity contribution is 5.98. The summed E-state index contributed by atoms with van der Waals surface area (Å²) >= 11 is 0. The summed E-state index contributed by atoms with van der Waals surface area (Å²) in [5.41, 5.74) is 0.926. The third-order valence-corrected chi connectivity index (χ3v) is 4.04. The Morgan fingerprint density at radius 1 is 1.10 bits per heavy atom. The monoisotopic (exact) mass is 419 g/mol. The number of carbonyl (C=O) groups is 1. The number of likely N-dealkylation sites (N-methyl/N-ethyl adjacent to an activating group) is 1. The molecule has 9 heteroatoms. The molecular formula is C21H20F3N3O3. The molecular weight excluding hydrogens is 399 g/mol. The van der Waals surface area contributed by atoms with E-state index in [4.69, 9.17) is 4.42 Å². The van der Waals surface area contributed by atoms with Crippen molar-refractivity contribution in [3.63, 3.8) is 0 Å². The number of aromatic nitrogens is 1. The van der Waals surface area contributed by atoms with Gasteiger partial charge >= 0.3 is 6.36 Å². The van der Waals surface area contributed by atoms with Crippen molar-refractivity contribution in [1.29, 1.82) is 0 Å². The third-order valence-electron chi connectivity index (χ3n) is 4.04. The first kappa shape index (κ1) is 21.4. The number of alkyl halides is 3. The summed E-state index contributed by atoms with van der Waals surface area (Å²) in [6.07, 6.45) is -4.82. The van der Waals surface area contributed by atoms with Gasteiger partial charge in [-0.05, 0) is 32.3 Å². The Bertz CT molecular complexity index is 1000. The molecule has 1 aromatic heterocycles. The smallest absolute Gasteiger partial charge is 0.435 e. The fourth-order valence-corrected chi connectivity index (χ4v) is 2.69. The number of benzene rings is 2. The van der Waals surface area contributed by atoms with E-state index >= 15 is 0 Å². The summed E-state index contributed by atoms with van der Waals surface area (Å²) in [5, 5.41) is 2.77. The van der Waals surface area contributed by atoms with Gasteiger partial charge in [-0.1, -0.05) is 36.4 Å². The van der Waals surface area contributed by atoms with E-state index in [-0.39, 0.29) is 22.9 Å². The minimum absolute atomic E-state index is 0.0132. The zero-order valence-corrected chi connectivity index (χ0v) is 16.4. The van der Waals surface area contributed by atoms with E-state index in [1.165, 1.54) is 18.2 Å². The van der Waals surface area contributed by atoms with Gasteiger partial charge in [0.25, 0.3) is 5.91 Å². The van der Waals surface area contributed by atoms with Gasteiger partial charge < -0.3 is 19.4 Å². The number of ether oxygens (including phenoxy) is 1. The normalized spacial score (nSPS) is 11.5. The number of hydrogen-bond acceptors (Lipinski definition) is 5. The molecule has 0 aliphatic rings. The van der Waals surface area contributed by atoms with Crippen LogP contribution in [0.3, 0.4) is 0 Å². The number of amides is 1.